The third-order valence-corrected chi connectivity index (χ3v) is 3.36. The Morgan fingerprint density at radius 2 is 2.14 bits per heavy atom. The van der Waals surface area contributed by atoms with Crippen molar-refractivity contribution in [3.8, 4) is 0 Å². The minimum atomic E-state index is -0.262. The van der Waals surface area contributed by atoms with Crippen molar-refractivity contribution in [3.63, 3.8) is 0 Å². The molecule has 0 atom stereocenters. The average Bonchev–Trinajstić information content (AvgIpc) is 2.99. The van der Waals surface area contributed by atoms with E-state index in [1.54, 1.807) is 0 Å². The second kappa shape index (κ2) is 6.38. The number of hydrogen-bond donors (Lipinski definition) is 1. The molecule has 0 bridgehead atoms. The van der Waals surface area contributed by atoms with Crippen LogP contribution < -0.4 is 5.32 Å². The number of nitrogens with one attached hydrogen (secondary N) is 1. The summed E-state index contributed by atoms with van der Waals surface area (Å²) in [5.41, 5.74) is 3.95. The first-order valence-corrected chi connectivity index (χ1v) is 7.09. The highest BCUT2D eigenvalue weighted by molar-refractivity contribution is 6.00. The fourth-order valence-corrected chi connectivity index (χ4v) is 2.22. The van der Waals surface area contributed by atoms with Crippen LogP contribution in [0, 0.1) is 6.92 Å². The number of aromatic nitrogens is 2. The highest BCUT2D eigenvalue weighted by Gasteiger charge is 2.21. The Morgan fingerprint density at radius 3 is 2.95 bits per heavy atom. The van der Waals surface area contributed by atoms with Crippen molar-refractivity contribution >= 4 is 17.3 Å². The van der Waals surface area contributed by atoms with Gasteiger partial charge in [0.1, 0.15) is 11.4 Å². The molecule has 3 rings (SSSR count). The van der Waals surface area contributed by atoms with Crippen LogP contribution in [0.3, 0.4) is 0 Å². The van der Waals surface area contributed by atoms with Crippen LogP contribution in [0.4, 0.5) is 5.69 Å². The summed E-state index contributed by atoms with van der Waals surface area (Å²) in [4.78, 5) is 16.9. The maximum Gasteiger partial charge on any atom is 0.265 e. The van der Waals surface area contributed by atoms with E-state index in [0.29, 0.717) is 11.4 Å². The molecule has 2 aromatic rings. The SMILES string of the molecule is Cc1ccc(NC(=O)CON=C2CCCc3nonc32)cc1. The van der Waals surface area contributed by atoms with Crippen molar-refractivity contribution in [3.05, 3.63) is 41.2 Å². The van der Waals surface area contributed by atoms with E-state index in [0.717, 1.165) is 36.2 Å². The molecule has 0 saturated carbocycles. The predicted octanol–water partition coefficient (Wildman–Crippen LogP) is 2.07. The van der Waals surface area contributed by atoms with Gasteiger partial charge in [0.05, 0.1) is 0 Å². The highest BCUT2D eigenvalue weighted by atomic mass is 16.6. The lowest BCUT2D eigenvalue weighted by Gasteiger charge is -2.09. The Labute approximate surface area is 127 Å². The van der Waals surface area contributed by atoms with Gasteiger partial charge in [-0.3, -0.25) is 4.79 Å². The Kier molecular flexibility index (Phi) is 4.13. The molecule has 1 aliphatic carbocycles. The number of oxime groups is 1. The van der Waals surface area contributed by atoms with E-state index < -0.39 is 0 Å². The third-order valence-electron chi connectivity index (χ3n) is 3.36. The maximum atomic E-state index is 11.8. The number of carbonyl (C=O) groups is 1. The number of anilines is 1. The number of hydrogen-bond acceptors (Lipinski definition) is 6. The summed E-state index contributed by atoms with van der Waals surface area (Å²) >= 11 is 0. The summed E-state index contributed by atoms with van der Waals surface area (Å²) in [6.45, 7) is 1.83. The zero-order valence-electron chi connectivity index (χ0n) is 12.2. The minimum absolute atomic E-state index is 0.155. The van der Waals surface area contributed by atoms with Crippen molar-refractivity contribution < 1.29 is 14.3 Å². The Morgan fingerprint density at radius 1 is 1.32 bits per heavy atom. The molecule has 7 nitrogen and oxygen atoms in total. The van der Waals surface area contributed by atoms with E-state index in [4.69, 9.17) is 9.47 Å². The lowest BCUT2D eigenvalue weighted by Crippen LogP contribution is -2.18. The van der Waals surface area contributed by atoms with Gasteiger partial charge >= 0.3 is 0 Å². The Bertz CT molecular complexity index is 691. The van der Waals surface area contributed by atoms with E-state index in [1.165, 1.54) is 0 Å². The predicted molar refractivity (Wildman–Crippen MR) is 79.5 cm³/mol. The molecule has 1 aliphatic rings. The van der Waals surface area contributed by atoms with E-state index in [2.05, 4.69) is 20.8 Å². The van der Waals surface area contributed by atoms with E-state index in [-0.39, 0.29) is 12.5 Å². The maximum absolute atomic E-state index is 11.8. The number of carbonyl (C=O) groups excluding carboxylic acids is 1. The second-order valence-corrected chi connectivity index (χ2v) is 5.14. The number of rotatable bonds is 4. The van der Waals surface area contributed by atoms with Gasteiger partial charge in [-0.2, -0.15) is 0 Å². The first-order chi connectivity index (χ1) is 10.7. The number of amides is 1. The summed E-state index contributed by atoms with van der Waals surface area (Å²) in [5.74, 6) is -0.262. The molecule has 0 aliphatic heterocycles. The van der Waals surface area contributed by atoms with Crippen LogP contribution in [0.15, 0.2) is 34.1 Å². The summed E-state index contributed by atoms with van der Waals surface area (Å²) < 4.78 is 4.70. The lowest BCUT2D eigenvalue weighted by atomic mass is 9.99. The largest absolute Gasteiger partial charge is 0.385 e. The van der Waals surface area contributed by atoms with Crippen LogP contribution in [-0.4, -0.2) is 28.5 Å². The summed E-state index contributed by atoms with van der Waals surface area (Å²) in [6, 6.07) is 7.54. The van der Waals surface area contributed by atoms with E-state index in [9.17, 15) is 4.79 Å². The van der Waals surface area contributed by atoms with Crippen LogP contribution in [-0.2, 0) is 16.1 Å². The van der Waals surface area contributed by atoms with Crippen molar-refractivity contribution in [1.82, 2.24) is 10.3 Å². The topological polar surface area (TPSA) is 89.6 Å². The monoisotopic (exact) mass is 300 g/mol. The third kappa shape index (κ3) is 3.30. The number of aryl methyl sites for hydroxylation is 2. The fraction of sp³-hybridized carbons (Fsp3) is 0.333. The molecular formula is C15H16N4O3. The molecule has 1 N–H and O–H groups in total. The molecule has 1 aromatic heterocycles. The Hall–Kier alpha value is -2.70. The van der Waals surface area contributed by atoms with Crippen molar-refractivity contribution in [2.24, 2.45) is 5.16 Å². The van der Waals surface area contributed by atoms with Gasteiger partial charge in [-0.15, -0.1) is 0 Å². The summed E-state index contributed by atoms with van der Waals surface area (Å²) in [7, 11) is 0. The minimum Gasteiger partial charge on any atom is -0.385 e. The van der Waals surface area contributed by atoms with Gasteiger partial charge in [0.25, 0.3) is 5.91 Å². The standard InChI is InChI=1S/C15H16N4O3/c1-10-5-7-11(8-6-10)16-14(20)9-21-17-12-3-2-4-13-15(12)19-22-18-13/h5-8H,2-4,9H2,1H3,(H,16,20). The fourth-order valence-electron chi connectivity index (χ4n) is 2.22. The molecule has 1 heterocycles. The molecule has 1 amide bonds. The zero-order chi connectivity index (χ0) is 15.4. The van der Waals surface area contributed by atoms with Gasteiger partial charge in [-0.1, -0.05) is 28.0 Å². The second-order valence-electron chi connectivity index (χ2n) is 5.14. The van der Waals surface area contributed by atoms with E-state index >= 15 is 0 Å². The molecule has 0 saturated heterocycles. The smallest absolute Gasteiger partial charge is 0.265 e. The highest BCUT2D eigenvalue weighted by Crippen LogP contribution is 2.18. The quantitative estimate of drug-likeness (QED) is 0.873. The number of nitrogens with zero attached hydrogens (tertiary/aromatic N) is 3. The number of fused-ring (bicyclic) bond motifs is 1. The zero-order valence-corrected chi connectivity index (χ0v) is 12.2. The van der Waals surface area contributed by atoms with Crippen LogP contribution in [0.5, 0.6) is 0 Å². The van der Waals surface area contributed by atoms with Gasteiger partial charge in [-0.05, 0) is 43.5 Å². The van der Waals surface area contributed by atoms with Crippen LogP contribution >= 0.6 is 0 Å². The molecule has 1 aromatic carbocycles. The van der Waals surface area contributed by atoms with Gasteiger partial charge in [0.2, 0.25) is 0 Å². The van der Waals surface area contributed by atoms with Gasteiger partial charge in [-0.25, -0.2) is 4.63 Å². The molecule has 114 valence electrons. The van der Waals surface area contributed by atoms with Crippen molar-refractivity contribution in [1.29, 1.82) is 0 Å². The van der Waals surface area contributed by atoms with Gasteiger partial charge in [0.15, 0.2) is 12.3 Å². The molecule has 7 heteroatoms. The van der Waals surface area contributed by atoms with Crippen LogP contribution in [0.25, 0.3) is 0 Å². The molecule has 22 heavy (non-hydrogen) atoms. The molecular weight excluding hydrogens is 284 g/mol. The first kappa shape index (κ1) is 14.2. The molecule has 0 fully saturated rings. The van der Waals surface area contributed by atoms with Crippen LogP contribution in [0.2, 0.25) is 0 Å². The normalized spacial score (nSPS) is 15.4. The number of benzene rings is 1. The Balaban J connectivity index is 1.54. The van der Waals surface area contributed by atoms with Crippen molar-refractivity contribution in [2.45, 2.75) is 26.2 Å². The first-order valence-electron chi connectivity index (χ1n) is 7.09. The van der Waals surface area contributed by atoms with Crippen molar-refractivity contribution in [2.75, 3.05) is 11.9 Å². The molecule has 0 unspecified atom stereocenters. The summed E-state index contributed by atoms with van der Waals surface area (Å²) in [5, 5.41) is 14.4. The lowest BCUT2D eigenvalue weighted by molar-refractivity contribution is -0.120. The van der Waals surface area contributed by atoms with E-state index in [1.807, 2.05) is 31.2 Å². The average molecular weight is 300 g/mol. The summed E-state index contributed by atoms with van der Waals surface area (Å²) in [6.07, 6.45) is 2.48. The van der Waals surface area contributed by atoms with Gasteiger partial charge in [0, 0.05) is 5.69 Å². The van der Waals surface area contributed by atoms with Gasteiger partial charge < -0.3 is 10.2 Å². The van der Waals surface area contributed by atoms with Crippen LogP contribution in [0.1, 0.15) is 29.8 Å². The molecule has 0 spiro atoms. The molecule has 0 radical (unpaired) electrons.